The van der Waals surface area contributed by atoms with Crippen LogP contribution in [0.4, 0.5) is 4.79 Å². The van der Waals surface area contributed by atoms with Crippen LogP contribution in [0.15, 0.2) is 60.7 Å². The number of carbonyl (C=O) groups excluding carboxylic acids is 2. The molecule has 178 valence electrons. The van der Waals surface area contributed by atoms with Gasteiger partial charge in [-0.1, -0.05) is 60.7 Å². The molecule has 0 saturated carbocycles. The van der Waals surface area contributed by atoms with Gasteiger partial charge in [0.1, 0.15) is 12.6 Å². The highest BCUT2D eigenvalue weighted by atomic mass is 32.2. The number of ether oxygens (including phenoxy) is 1. The van der Waals surface area contributed by atoms with Crippen molar-refractivity contribution in [3.05, 3.63) is 71.8 Å². The molecule has 3 atom stereocenters. The van der Waals surface area contributed by atoms with Crippen molar-refractivity contribution in [1.29, 1.82) is 0 Å². The van der Waals surface area contributed by atoms with Crippen molar-refractivity contribution in [2.24, 2.45) is 5.92 Å². The molecule has 4 rings (SSSR count). The normalized spacial score (nSPS) is 19.2. The summed E-state index contributed by atoms with van der Waals surface area (Å²) in [5, 5.41) is 14.7. The van der Waals surface area contributed by atoms with Crippen molar-refractivity contribution in [2.75, 3.05) is 18.6 Å². The van der Waals surface area contributed by atoms with E-state index in [1.807, 2.05) is 30.5 Å². The first kappa shape index (κ1) is 23.9. The quantitative estimate of drug-likeness (QED) is 0.472. The number of carboxylic acid groups (broad SMARTS) is 1. The zero-order valence-electron chi connectivity index (χ0n) is 18.9. The number of carboxylic acids is 1. The fourth-order valence-electron chi connectivity index (χ4n) is 4.56. The van der Waals surface area contributed by atoms with Crippen LogP contribution in [0.1, 0.15) is 29.9 Å². The van der Waals surface area contributed by atoms with E-state index in [-0.39, 0.29) is 24.5 Å². The number of carbonyl (C=O) groups is 3. The van der Waals surface area contributed by atoms with E-state index in [4.69, 9.17) is 9.84 Å². The maximum absolute atomic E-state index is 12.8. The zero-order chi connectivity index (χ0) is 24.1. The fourth-order valence-corrected chi connectivity index (χ4v) is 5.03. The first-order chi connectivity index (χ1) is 16.5. The summed E-state index contributed by atoms with van der Waals surface area (Å²) in [6.07, 6.45) is 5.31. The van der Waals surface area contributed by atoms with Gasteiger partial charge < -0.3 is 20.5 Å². The van der Waals surface area contributed by atoms with Gasteiger partial charge in [0.05, 0.1) is 5.92 Å². The van der Waals surface area contributed by atoms with E-state index in [2.05, 4.69) is 34.9 Å². The summed E-state index contributed by atoms with van der Waals surface area (Å²) in [6.45, 7) is 0.169. The Balaban J connectivity index is 1.37. The van der Waals surface area contributed by atoms with Crippen molar-refractivity contribution in [1.82, 2.24) is 10.6 Å². The molecule has 2 amide bonds. The van der Waals surface area contributed by atoms with E-state index in [1.54, 1.807) is 23.9 Å². The summed E-state index contributed by atoms with van der Waals surface area (Å²) in [6, 6.07) is 15.1. The molecule has 0 aliphatic heterocycles. The summed E-state index contributed by atoms with van der Waals surface area (Å²) in [5.41, 5.74) is 4.53. The van der Waals surface area contributed by atoms with Crippen LogP contribution in [0.5, 0.6) is 0 Å². The highest BCUT2D eigenvalue weighted by Crippen LogP contribution is 2.44. The number of alkyl carbamates (subject to hydrolysis) is 1. The van der Waals surface area contributed by atoms with Gasteiger partial charge in [-0.2, -0.15) is 11.8 Å². The molecule has 0 bridgehead atoms. The molecule has 0 fully saturated rings. The molecule has 0 radical (unpaired) electrons. The van der Waals surface area contributed by atoms with Gasteiger partial charge in [-0.3, -0.25) is 9.59 Å². The molecular weight excluding hydrogens is 452 g/mol. The van der Waals surface area contributed by atoms with Crippen LogP contribution in [0, 0.1) is 5.92 Å². The fraction of sp³-hybridized carbons (Fsp3) is 0.346. The molecular formula is C26H28N2O5S. The monoisotopic (exact) mass is 480 g/mol. The van der Waals surface area contributed by atoms with Gasteiger partial charge in [0.25, 0.3) is 0 Å². The molecule has 3 N–H and O–H groups in total. The first-order valence-corrected chi connectivity index (χ1v) is 12.7. The Morgan fingerprint density at radius 2 is 1.71 bits per heavy atom. The van der Waals surface area contributed by atoms with Crippen molar-refractivity contribution >= 4 is 29.7 Å². The molecule has 7 nitrogen and oxygen atoms in total. The molecule has 2 unspecified atom stereocenters. The molecule has 2 aromatic rings. The van der Waals surface area contributed by atoms with Crippen LogP contribution < -0.4 is 10.6 Å². The molecule has 2 aliphatic rings. The lowest BCUT2D eigenvalue weighted by molar-refractivity contribution is -0.140. The largest absolute Gasteiger partial charge is 0.481 e. The average Bonchev–Trinajstić information content (AvgIpc) is 3.43. The van der Waals surface area contributed by atoms with Crippen molar-refractivity contribution < 1.29 is 24.2 Å². The molecule has 34 heavy (non-hydrogen) atoms. The Bertz CT molecular complexity index is 1060. The minimum Gasteiger partial charge on any atom is -0.481 e. The van der Waals surface area contributed by atoms with E-state index < -0.39 is 24.0 Å². The van der Waals surface area contributed by atoms with Crippen LogP contribution >= 0.6 is 11.8 Å². The van der Waals surface area contributed by atoms with E-state index in [1.165, 1.54) is 0 Å². The van der Waals surface area contributed by atoms with E-state index >= 15 is 0 Å². The smallest absolute Gasteiger partial charge is 0.407 e. The van der Waals surface area contributed by atoms with Gasteiger partial charge in [-0.05, 0) is 47.1 Å². The predicted octanol–water partition coefficient (Wildman–Crippen LogP) is 3.79. The molecule has 2 aromatic carbocycles. The van der Waals surface area contributed by atoms with Gasteiger partial charge in [0.15, 0.2) is 0 Å². The highest BCUT2D eigenvalue weighted by Gasteiger charge is 2.31. The summed E-state index contributed by atoms with van der Waals surface area (Å²) in [5.74, 6) is -1.25. The minimum absolute atomic E-state index is 0.0618. The third-order valence-corrected chi connectivity index (χ3v) is 6.94. The van der Waals surface area contributed by atoms with E-state index in [0.717, 1.165) is 22.3 Å². The van der Waals surface area contributed by atoms with Gasteiger partial charge in [-0.15, -0.1) is 0 Å². The summed E-state index contributed by atoms with van der Waals surface area (Å²) in [4.78, 5) is 36.6. The second-order valence-corrected chi connectivity index (χ2v) is 9.47. The maximum atomic E-state index is 12.8. The standard InChI is InChI=1S/C26H28N2O5S/c1-34-13-12-23(24(29)27-17-11-10-16(14-17)25(30)31)28-26(32)33-15-22-20-8-4-2-6-18(20)19-7-3-5-9-21(19)22/h2-11,16-17,22-23H,12-15H2,1H3,(H,27,29)(H,28,32)(H,30,31)/t16?,17?,23-/m0/s1. The number of nitrogens with one attached hydrogen (secondary N) is 2. The van der Waals surface area contributed by atoms with Crippen molar-refractivity contribution in [2.45, 2.75) is 30.8 Å². The topological polar surface area (TPSA) is 105 Å². The third-order valence-electron chi connectivity index (χ3n) is 6.29. The van der Waals surface area contributed by atoms with E-state index in [9.17, 15) is 14.4 Å². The predicted molar refractivity (Wildman–Crippen MR) is 132 cm³/mol. The number of thioether (sulfide) groups is 1. The summed E-state index contributed by atoms with van der Waals surface area (Å²) in [7, 11) is 0. The number of benzene rings is 2. The Morgan fingerprint density at radius 1 is 1.06 bits per heavy atom. The van der Waals surface area contributed by atoms with E-state index in [0.29, 0.717) is 18.6 Å². The Morgan fingerprint density at radius 3 is 2.29 bits per heavy atom. The zero-order valence-corrected chi connectivity index (χ0v) is 19.7. The van der Waals surface area contributed by atoms with Gasteiger partial charge in [0, 0.05) is 12.0 Å². The molecule has 0 spiro atoms. The average molecular weight is 481 g/mol. The van der Waals surface area contributed by atoms with Gasteiger partial charge in [-0.25, -0.2) is 4.79 Å². The summed E-state index contributed by atoms with van der Waals surface area (Å²) < 4.78 is 5.59. The lowest BCUT2D eigenvalue weighted by atomic mass is 9.98. The minimum atomic E-state index is -0.913. The number of amides is 2. The van der Waals surface area contributed by atoms with Crippen LogP contribution in [0.25, 0.3) is 11.1 Å². The Kier molecular flexibility index (Phi) is 7.57. The molecule has 0 heterocycles. The number of rotatable bonds is 9. The molecule has 8 heteroatoms. The summed E-state index contributed by atoms with van der Waals surface area (Å²) >= 11 is 1.58. The van der Waals surface area contributed by atoms with Crippen LogP contribution in [0.3, 0.4) is 0 Å². The van der Waals surface area contributed by atoms with Crippen LogP contribution in [0.2, 0.25) is 0 Å². The number of hydrogen-bond donors (Lipinski definition) is 3. The molecule has 0 aromatic heterocycles. The Hall–Kier alpha value is -3.26. The first-order valence-electron chi connectivity index (χ1n) is 11.3. The lowest BCUT2D eigenvalue weighted by Crippen LogP contribution is -2.49. The van der Waals surface area contributed by atoms with Crippen molar-refractivity contribution in [3.8, 4) is 11.1 Å². The number of aliphatic carboxylic acids is 1. The van der Waals surface area contributed by atoms with Gasteiger partial charge in [0.2, 0.25) is 5.91 Å². The number of hydrogen-bond acceptors (Lipinski definition) is 5. The second kappa shape index (κ2) is 10.8. The SMILES string of the molecule is CSCC[C@H](NC(=O)OCC1c2ccccc2-c2ccccc21)C(=O)NC1C=CC(C(=O)O)C1. The van der Waals surface area contributed by atoms with Gasteiger partial charge >= 0.3 is 12.1 Å². The molecule has 2 aliphatic carbocycles. The number of fused-ring (bicyclic) bond motifs is 3. The lowest BCUT2D eigenvalue weighted by Gasteiger charge is -2.21. The second-order valence-electron chi connectivity index (χ2n) is 8.48. The highest BCUT2D eigenvalue weighted by molar-refractivity contribution is 7.98. The molecule has 0 saturated heterocycles. The van der Waals surface area contributed by atoms with Crippen LogP contribution in [-0.2, 0) is 14.3 Å². The van der Waals surface area contributed by atoms with Crippen LogP contribution in [-0.4, -0.2) is 53.8 Å². The van der Waals surface area contributed by atoms with Crippen molar-refractivity contribution in [3.63, 3.8) is 0 Å². The third kappa shape index (κ3) is 5.28. The maximum Gasteiger partial charge on any atom is 0.407 e. The Labute approximate surface area is 203 Å².